The van der Waals surface area contributed by atoms with E-state index in [1.165, 1.54) is 13.0 Å². The van der Waals surface area contributed by atoms with Gasteiger partial charge in [-0.25, -0.2) is 8.78 Å². The smallest absolute Gasteiger partial charge is 0.243 e. The van der Waals surface area contributed by atoms with Gasteiger partial charge >= 0.3 is 0 Å². The summed E-state index contributed by atoms with van der Waals surface area (Å²) in [6.07, 6.45) is 0. The number of halogens is 2. The van der Waals surface area contributed by atoms with Gasteiger partial charge in [0.1, 0.15) is 17.3 Å². The number of para-hydroxylation sites is 1. The third-order valence-electron chi connectivity index (χ3n) is 2.95. The summed E-state index contributed by atoms with van der Waals surface area (Å²) in [5.74, 6) is -2.38. The second-order valence-corrected chi connectivity index (χ2v) is 4.64. The Hall–Kier alpha value is -2.76. The van der Waals surface area contributed by atoms with E-state index in [4.69, 9.17) is 0 Å². The Kier molecular flexibility index (Phi) is 4.83. The van der Waals surface area contributed by atoms with E-state index in [1.54, 1.807) is 24.3 Å². The van der Waals surface area contributed by atoms with Gasteiger partial charge in [0.05, 0.1) is 6.54 Å². The molecule has 0 aromatic heterocycles. The fraction of sp³-hybridized carbons (Fsp3) is 0.125. The number of nitrogens with one attached hydrogen (secondary N) is 2. The highest BCUT2D eigenvalue weighted by molar-refractivity contribution is 5.96. The van der Waals surface area contributed by atoms with E-state index in [9.17, 15) is 18.4 Å². The van der Waals surface area contributed by atoms with Gasteiger partial charge in [-0.05, 0) is 31.2 Å². The van der Waals surface area contributed by atoms with Crippen molar-refractivity contribution in [3.8, 4) is 0 Å². The number of ketones is 1. The predicted octanol–water partition coefficient (Wildman–Crippen LogP) is 3.22. The van der Waals surface area contributed by atoms with Gasteiger partial charge in [0.2, 0.25) is 5.91 Å². The third-order valence-corrected chi connectivity index (χ3v) is 2.95. The van der Waals surface area contributed by atoms with Crippen LogP contribution >= 0.6 is 0 Å². The molecule has 0 aliphatic carbocycles. The van der Waals surface area contributed by atoms with E-state index in [-0.39, 0.29) is 12.3 Å². The summed E-state index contributed by atoms with van der Waals surface area (Å²) in [7, 11) is 0. The second-order valence-electron chi connectivity index (χ2n) is 4.64. The van der Waals surface area contributed by atoms with Crippen molar-refractivity contribution in [3.63, 3.8) is 0 Å². The number of anilines is 2. The first-order valence-electron chi connectivity index (χ1n) is 6.56. The number of carbonyl (C=O) groups is 2. The summed E-state index contributed by atoms with van der Waals surface area (Å²) >= 11 is 0. The van der Waals surface area contributed by atoms with Crippen molar-refractivity contribution in [3.05, 3.63) is 59.7 Å². The standard InChI is InChI=1S/C16H14F2N2O2/c1-10(21)11-4-2-5-12(8-11)19-9-15(22)20-16-13(17)6-3-7-14(16)18/h2-8,19H,9H2,1H3,(H,20,22). The molecular weight excluding hydrogens is 290 g/mol. The van der Waals surface area contributed by atoms with Crippen molar-refractivity contribution in [1.82, 2.24) is 0 Å². The lowest BCUT2D eigenvalue weighted by atomic mass is 10.1. The van der Waals surface area contributed by atoms with E-state index >= 15 is 0 Å². The molecule has 2 aromatic carbocycles. The van der Waals surface area contributed by atoms with Crippen LogP contribution in [0.4, 0.5) is 20.2 Å². The summed E-state index contributed by atoms with van der Waals surface area (Å²) in [5.41, 5.74) is 0.592. The molecule has 0 saturated heterocycles. The molecule has 22 heavy (non-hydrogen) atoms. The Morgan fingerprint density at radius 3 is 2.32 bits per heavy atom. The molecule has 6 heteroatoms. The summed E-state index contributed by atoms with van der Waals surface area (Å²) in [5, 5.41) is 4.96. The van der Waals surface area contributed by atoms with Crippen molar-refractivity contribution < 1.29 is 18.4 Å². The highest BCUT2D eigenvalue weighted by atomic mass is 19.1. The zero-order valence-electron chi connectivity index (χ0n) is 11.8. The lowest BCUT2D eigenvalue weighted by Gasteiger charge is -2.09. The van der Waals surface area contributed by atoms with Crippen LogP contribution in [0.25, 0.3) is 0 Å². The van der Waals surface area contributed by atoms with Gasteiger partial charge in [0, 0.05) is 11.3 Å². The molecule has 2 rings (SSSR count). The fourth-order valence-corrected chi connectivity index (χ4v) is 1.83. The van der Waals surface area contributed by atoms with Crippen LogP contribution in [0.1, 0.15) is 17.3 Å². The lowest BCUT2D eigenvalue weighted by Crippen LogP contribution is -2.23. The average molecular weight is 304 g/mol. The zero-order chi connectivity index (χ0) is 16.1. The Morgan fingerprint density at radius 2 is 1.68 bits per heavy atom. The SMILES string of the molecule is CC(=O)c1cccc(NCC(=O)Nc2c(F)cccc2F)c1. The van der Waals surface area contributed by atoms with E-state index in [2.05, 4.69) is 10.6 Å². The monoisotopic (exact) mass is 304 g/mol. The molecule has 0 bridgehead atoms. The third kappa shape index (κ3) is 3.88. The number of amides is 1. The van der Waals surface area contributed by atoms with Gasteiger partial charge in [-0.1, -0.05) is 18.2 Å². The first kappa shape index (κ1) is 15.6. The molecule has 0 heterocycles. The van der Waals surface area contributed by atoms with Gasteiger partial charge in [-0.15, -0.1) is 0 Å². The second kappa shape index (κ2) is 6.80. The maximum absolute atomic E-state index is 13.4. The van der Waals surface area contributed by atoms with Crippen LogP contribution in [0.15, 0.2) is 42.5 Å². The maximum Gasteiger partial charge on any atom is 0.243 e. The molecular formula is C16H14F2N2O2. The number of benzene rings is 2. The van der Waals surface area contributed by atoms with Crippen LogP contribution in [0.5, 0.6) is 0 Å². The van der Waals surface area contributed by atoms with Crippen LogP contribution in [0, 0.1) is 11.6 Å². The molecule has 1 amide bonds. The van der Waals surface area contributed by atoms with Crippen LogP contribution in [0.3, 0.4) is 0 Å². The lowest BCUT2D eigenvalue weighted by molar-refractivity contribution is -0.114. The number of rotatable bonds is 5. The maximum atomic E-state index is 13.4. The molecule has 0 fully saturated rings. The Bertz CT molecular complexity index is 697. The van der Waals surface area contributed by atoms with E-state index in [0.29, 0.717) is 11.3 Å². The first-order valence-corrected chi connectivity index (χ1v) is 6.56. The Balaban J connectivity index is 1.99. The molecule has 0 unspecified atom stereocenters. The number of hydrogen-bond acceptors (Lipinski definition) is 3. The topological polar surface area (TPSA) is 58.2 Å². The molecule has 0 saturated carbocycles. The minimum Gasteiger partial charge on any atom is -0.376 e. The quantitative estimate of drug-likeness (QED) is 0.834. The van der Waals surface area contributed by atoms with Gasteiger partial charge in [-0.2, -0.15) is 0 Å². The van der Waals surface area contributed by atoms with Crippen LogP contribution in [0.2, 0.25) is 0 Å². The molecule has 4 nitrogen and oxygen atoms in total. The highest BCUT2D eigenvalue weighted by Crippen LogP contribution is 2.18. The van der Waals surface area contributed by atoms with Crippen molar-refractivity contribution >= 4 is 23.1 Å². The summed E-state index contributed by atoms with van der Waals surface area (Å²) in [6, 6.07) is 9.94. The van der Waals surface area contributed by atoms with E-state index in [1.807, 2.05) is 0 Å². The van der Waals surface area contributed by atoms with Gasteiger partial charge < -0.3 is 10.6 Å². The van der Waals surface area contributed by atoms with Crippen molar-refractivity contribution in [2.75, 3.05) is 17.2 Å². The summed E-state index contributed by atoms with van der Waals surface area (Å²) in [4.78, 5) is 23.0. The number of carbonyl (C=O) groups excluding carboxylic acids is 2. The van der Waals surface area contributed by atoms with Gasteiger partial charge in [0.15, 0.2) is 5.78 Å². The van der Waals surface area contributed by atoms with Crippen molar-refractivity contribution in [2.24, 2.45) is 0 Å². The molecule has 2 aromatic rings. The van der Waals surface area contributed by atoms with E-state index < -0.39 is 23.2 Å². The molecule has 0 aliphatic rings. The molecule has 0 radical (unpaired) electrons. The first-order chi connectivity index (χ1) is 10.5. The number of hydrogen-bond donors (Lipinski definition) is 2. The van der Waals surface area contributed by atoms with Gasteiger partial charge in [0.25, 0.3) is 0 Å². The Labute approximate surface area is 126 Å². The molecule has 114 valence electrons. The highest BCUT2D eigenvalue weighted by Gasteiger charge is 2.11. The zero-order valence-corrected chi connectivity index (χ0v) is 11.8. The van der Waals surface area contributed by atoms with Crippen LogP contribution < -0.4 is 10.6 Å². The molecule has 0 spiro atoms. The van der Waals surface area contributed by atoms with Crippen molar-refractivity contribution in [1.29, 1.82) is 0 Å². The van der Waals surface area contributed by atoms with Crippen LogP contribution in [-0.2, 0) is 4.79 Å². The van der Waals surface area contributed by atoms with Crippen LogP contribution in [-0.4, -0.2) is 18.2 Å². The normalized spacial score (nSPS) is 10.1. The number of Topliss-reactive ketones (excluding diaryl/α,β-unsaturated/α-hetero) is 1. The van der Waals surface area contributed by atoms with Gasteiger partial charge in [-0.3, -0.25) is 9.59 Å². The molecule has 2 N–H and O–H groups in total. The summed E-state index contributed by atoms with van der Waals surface area (Å²) in [6.45, 7) is 1.25. The van der Waals surface area contributed by atoms with E-state index in [0.717, 1.165) is 12.1 Å². The largest absolute Gasteiger partial charge is 0.376 e. The summed E-state index contributed by atoms with van der Waals surface area (Å²) < 4.78 is 26.8. The van der Waals surface area contributed by atoms with Crippen molar-refractivity contribution in [2.45, 2.75) is 6.92 Å². The predicted molar refractivity (Wildman–Crippen MR) is 79.9 cm³/mol. The molecule has 0 aliphatic heterocycles. The Morgan fingerprint density at radius 1 is 1.05 bits per heavy atom. The fourth-order valence-electron chi connectivity index (χ4n) is 1.83. The minimum atomic E-state index is -0.841. The average Bonchev–Trinajstić information content (AvgIpc) is 2.49. The minimum absolute atomic E-state index is 0.0958. The molecule has 0 atom stereocenters.